The van der Waals surface area contributed by atoms with Gasteiger partial charge in [-0.1, -0.05) is 0 Å². The summed E-state index contributed by atoms with van der Waals surface area (Å²) < 4.78 is 5.24. The van der Waals surface area contributed by atoms with Crippen molar-refractivity contribution in [2.75, 3.05) is 27.2 Å². The highest BCUT2D eigenvalue weighted by Crippen LogP contribution is 2.21. The summed E-state index contributed by atoms with van der Waals surface area (Å²) in [5.74, 6) is -1.79. The van der Waals surface area contributed by atoms with E-state index in [4.69, 9.17) is 9.84 Å². The zero-order valence-electron chi connectivity index (χ0n) is 9.99. The summed E-state index contributed by atoms with van der Waals surface area (Å²) in [6.45, 7) is 0.864. The van der Waals surface area contributed by atoms with Gasteiger partial charge in [0.05, 0.1) is 6.07 Å². The van der Waals surface area contributed by atoms with Gasteiger partial charge in [-0.25, -0.2) is 4.79 Å². The Bertz CT molecular complexity index is 461. The van der Waals surface area contributed by atoms with E-state index in [0.717, 1.165) is 12.3 Å². The van der Waals surface area contributed by atoms with E-state index in [1.807, 2.05) is 19.0 Å². The molecule has 1 aromatic rings. The molecule has 0 aromatic carbocycles. The number of ether oxygens (including phenoxy) is 1. The number of hydrogen-bond donors (Lipinski definition) is 1. The Morgan fingerprint density at radius 1 is 1.61 bits per heavy atom. The first-order valence-electron chi connectivity index (χ1n) is 5.07. The first-order valence-corrected chi connectivity index (χ1v) is 5.07. The molecule has 0 aliphatic carbocycles. The van der Waals surface area contributed by atoms with E-state index in [1.165, 1.54) is 0 Å². The highest BCUT2D eigenvalue weighted by atomic mass is 16.6. The third-order valence-corrected chi connectivity index (χ3v) is 2.07. The molecular weight excluding hydrogens is 242 g/mol. The number of hydrogen-bond acceptors (Lipinski definition) is 6. The summed E-state index contributed by atoms with van der Waals surface area (Å²) >= 11 is 0. The normalized spacial score (nSPS) is 10.4. The summed E-state index contributed by atoms with van der Waals surface area (Å²) in [7, 11) is 3.69. The molecule has 0 bridgehead atoms. The average molecular weight is 255 g/mol. The summed E-state index contributed by atoms with van der Waals surface area (Å²) in [5.41, 5.74) is -0.268. The van der Waals surface area contributed by atoms with E-state index < -0.39 is 16.7 Å². The Labute approximate surface area is 103 Å². The molecule has 0 aliphatic rings. The SMILES string of the molecule is CN(C)CCOc1cnc([N+](=O)[O-])cc1C(=O)O. The molecule has 1 heterocycles. The lowest BCUT2D eigenvalue weighted by atomic mass is 10.2. The summed E-state index contributed by atoms with van der Waals surface area (Å²) in [6, 6.07) is 0.882. The molecule has 0 atom stereocenters. The summed E-state index contributed by atoms with van der Waals surface area (Å²) in [4.78, 5) is 26.1. The van der Waals surface area contributed by atoms with Gasteiger partial charge in [-0.2, -0.15) is 0 Å². The lowest BCUT2D eigenvalue weighted by Crippen LogP contribution is -2.20. The van der Waals surface area contributed by atoms with Crippen LogP contribution in [0.5, 0.6) is 5.75 Å². The second-order valence-electron chi connectivity index (χ2n) is 3.75. The van der Waals surface area contributed by atoms with E-state index in [-0.39, 0.29) is 17.9 Å². The van der Waals surface area contributed by atoms with Crippen LogP contribution in [-0.4, -0.2) is 53.1 Å². The van der Waals surface area contributed by atoms with Crippen molar-refractivity contribution in [2.24, 2.45) is 0 Å². The minimum Gasteiger partial charge on any atom is -0.487 e. The molecule has 0 unspecified atom stereocenters. The highest BCUT2D eigenvalue weighted by Gasteiger charge is 2.19. The maximum Gasteiger partial charge on any atom is 0.364 e. The standard InChI is InChI=1S/C10H13N3O5/c1-12(2)3-4-18-8-6-11-9(13(16)17)5-7(8)10(14)15/h5-6H,3-4H2,1-2H3,(H,14,15). The highest BCUT2D eigenvalue weighted by molar-refractivity contribution is 5.91. The molecule has 18 heavy (non-hydrogen) atoms. The number of carboxylic acids is 1. The molecule has 8 nitrogen and oxygen atoms in total. The molecule has 98 valence electrons. The molecule has 0 radical (unpaired) electrons. The first-order chi connectivity index (χ1) is 8.41. The molecule has 8 heteroatoms. The second-order valence-corrected chi connectivity index (χ2v) is 3.75. The van der Waals surface area contributed by atoms with Crippen LogP contribution in [0.2, 0.25) is 0 Å². The summed E-state index contributed by atoms with van der Waals surface area (Å²) in [5, 5.41) is 19.4. The van der Waals surface area contributed by atoms with Crippen molar-refractivity contribution in [1.29, 1.82) is 0 Å². The van der Waals surface area contributed by atoms with Crippen molar-refractivity contribution in [2.45, 2.75) is 0 Å². The third kappa shape index (κ3) is 3.67. The van der Waals surface area contributed by atoms with E-state index in [2.05, 4.69) is 4.98 Å². The van der Waals surface area contributed by atoms with Gasteiger partial charge < -0.3 is 24.9 Å². The molecule has 1 aromatic heterocycles. The van der Waals surface area contributed by atoms with Crippen molar-refractivity contribution in [1.82, 2.24) is 9.88 Å². The lowest BCUT2D eigenvalue weighted by Gasteiger charge is -2.11. The van der Waals surface area contributed by atoms with Gasteiger partial charge in [0.2, 0.25) is 0 Å². The predicted octanol–water partition coefficient (Wildman–Crippen LogP) is 0.628. The van der Waals surface area contributed by atoms with E-state index in [1.54, 1.807) is 0 Å². The number of likely N-dealkylation sites (N-methyl/N-ethyl adjacent to an activating group) is 1. The molecular formula is C10H13N3O5. The third-order valence-electron chi connectivity index (χ3n) is 2.07. The minimum absolute atomic E-state index is 0.0231. The van der Waals surface area contributed by atoms with Crippen LogP contribution in [0.25, 0.3) is 0 Å². The summed E-state index contributed by atoms with van der Waals surface area (Å²) in [6.07, 6.45) is 1.05. The van der Waals surface area contributed by atoms with Crippen molar-refractivity contribution < 1.29 is 19.6 Å². The fraction of sp³-hybridized carbons (Fsp3) is 0.400. The molecule has 0 aliphatic heterocycles. The maximum absolute atomic E-state index is 11.0. The number of pyridine rings is 1. The molecule has 1 rings (SSSR count). The molecule has 0 fully saturated rings. The fourth-order valence-corrected chi connectivity index (χ4v) is 1.15. The fourth-order valence-electron chi connectivity index (χ4n) is 1.15. The van der Waals surface area contributed by atoms with Crippen molar-refractivity contribution in [3.05, 3.63) is 27.9 Å². The van der Waals surface area contributed by atoms with Crippen molar-refractivity contribution in [3.8, 4) is 5.75 Å². The number of aromatic carboxylic acids is 1. The number of carbonyl (C=O) groups is 1. The van der Waals surface area contributed by atoms with Crippen LogP contribution in [0, 0.1) is 10.1 Å². The van der Waals surface area contributed by atoms with Gasteiger partial charge >= 0.3 is 11.8 Å². The van der Waals surface area contributed by atoms with Gasteiger partial charge in [-0.15, -0.1) is 0 Å². The van der Waals surface area contributed by atoms with Crippen LogP contribution in [-0.2, 0) is 0 Å². The van der Waals surface area contributed by atoms with Crippen LogP contribution in [0.3, 0.4) is 0 Å². The number of carboxylic acid groups (broad SMARTS) is 1. The number of rotatable bonds is 6. The Hall–Kier alpha value is -2.22. The maximum atomic E-state index is 11.0. The minimum atomic E-state index is -1.29. The van der Waals surface area contributed by atoms with E-state index in [9.17, 15) is 14.9 Å². The van der Waals surface area contributed by atoms with Gasteiger partial charge in [0.15, 0.2) is 11.9 Å². The Morgan fingerprint density at radius 3 is 2.78 bits per heavy atom. The molecule has 0 saturated heterocycles. The van der Waals surface area contributed by atoms with Crippen molar-refractivity contribution >= 4 is 11.8 Å². The lowest BCUT2D eigenvalue weighted by molar-refractivity contribution is -0.389. The second kappa shape index (κ2) is 5.92. The van der Waals surface area contributed by atoms with Crippen LogP contribution >= 0.6 is 0 Å². The van der Waals surface area contributed by atoms with Gasteiger partial charge in [-0.05, 0) is 24.0 Å². The zero-order chi connectivity index (χ0) is 13.7. The van der Waals surface area contributed by atoms with Crippen LogP contribution < -0.4 is 4.74 Å². The van der Waals surface area contributed by atoms with E-state index in [0.29, 0.717) is 6.54 Å². The Balaban J connectivity index is 2.90. The van der Waals surface area contributed by atoms with Crippen molar-refractivity contribution in [3.63, 3.8) is 0 Å². The molecule has 0 saturated carbocycles. The topological polar surface area (TPSA) is 106 Å². The zero-order valence-corrected chi connectivity index (χ0v) is 9.99. The Morgan fingerprint density at radius 2 is 2.28 bits per heavy atom. The van der Waals surface area contributed by atoms with Crippen LogP contribution in [0.15, 0.2) is 12.3 Å². The molecule has 1 N–H and O–H groups in total. The monoisotopic (exact) mass is 255 g/mol. The Kier molecular flexibility index (Phi) is 4.55. The average Bonchev–Trinajstić information content (AvgIpc) is 2.28. The van der Waals surface area contributed by atoms with Gasteiger partial charge in [0, 0.05) is 6.54 Å². The largest absolute Gasteiger partial charge is 0.487 e. The quantitative estimate of drug-likeness (QED) is 0.586. The van der Waals surface area contributed by atoms with Gasteiger partial charge in [0.1, 0.15) is 12.2 Å². The number of nitrogens with zero attached hydrogens (tertiary/aromatic N) is 3. The first kappa shape index (κ1) is 13.8. The van der Waals surface area contributed by atoms with Crippen LogP contribution in [0.1, 0.15) is 10.4 Å². The van der Waals surface area contributed by atoms with E-state index >= 15 is 0 Å². The predicted molar refractivity (Wildman–Crippen MR) is 61.9 cm³/mol. The smallest absolute Gasteiger partial charge is 0.364 e. The molecule has 0 amide bonds. The number of nitro groups is 1. The van der Waals surface area contributed by atoms with Gasteiger partial charge in [-0.3, -0.25) is 0 Å². The molecule has 0 spiro atoms. The van der Waals surface area contributed by atoms with Crippen LogP contribution in [0.4, 0.5) is 5.82 Å². The van der Waals surface area contributed by atoms with Gasteiger partial charge in [0.25, 0.3) is 0 Å². The number of aromatic nitrogens is 1.